The van der Waals surface area contributed by atoms with Crippen molar-refractivity contribution in [1.29, 1.82) is 0 Å². The van der Waals surface area contributed by atoms with E-state index < -0.39 is 0 Å². The summed E-state index contributed by atoms with van der Waals surface area (Å²) >= 11 is 1.87. The van der Waals surface area contributed by atoms with Crippen molar-refractivity contribution in [3.05, 3.63) is 211 Å². The minimum Gasteiger partial charge on any atom is -0.309 e. The van der Waals surface area contributed by atoms with E-state index in [1.165, 1.54) is 75.0 Å². The highest BCUT2D eigenvalue weighted by molar-refractivity contribution is 7.26. The van der Waals surface area contributed by atoms with Gasteiger partial charge in [-0.15, -0.1) is 11.3 Å². The molecule has 3 aromatic heterocycles. The van der Waals surface area contributed by atoms with Crippen LogP contribution in [0.15, 0.2) is 216 Å². The van der Waals surface area contributed by atoms with Gasteiger partial charge in [0.15, 0.2) is 0 Å². The molecule has 1 atom stereocenters. The molecule has 5 heteroatoms. The molecule has 1 aliphatic carbocycles. The van der Waals surface area contributed by atoms with Gasteiger partial charge in [0.1, 0.15) is 0 Å². The summed E-state index contributed by atoms with van der Waals surface area (Å²) in [7, 11) is 0. The summed E-state index contributed by atoms with van der Waals surface area (Å²) in [4.78, 5) is 11.0. The van der Waals surface area contributed by atoms with Crippen molar-refractivity contribution >= 4 is 86.8 Å². The summed E-state index contributed by atoms with van der Waals surface area (Å²) in [6.07, 6.45) is 7.42. The summed E-state index contributed by atoms with van der Waals surface area (Å²) in [6, 6.07) is 66.2. The van der Waals surface area contributed by atoms with Crippen molar-refractivity contribution < 1.29 is 0 Å². The second-order valence-corrected chi connectivity index (χ2v) is 17.1. The molecule has 1 aliphatic heterocycles. The first-order valence-corrected chi connectivity index (χ1v) is 21.7. The molecule has 13 rings (SSSR count). The molecule has 0 bridgehead atoms. The van der Waals surface area contributed by atoms with E-state index in [0.29, 0.717) is 5.96 Å². The summed E-state index contributed by atoms with van der Waals surface area (Å²) < 4.78 is 7.27. The SMILES string of the molecule is C1=CCC2C(=C1)N=C(n1c3ccc(-c4ccc5c(c4)c4ccccc4n5-c4ccccc4)cc3c3c4sc5ccccc5c4ccc31)N=C2c1cccc(-c2ccccc2)c1. The van der Waals surface area contributed by atoms with E-state index in [0.717, 1.165) is 40.1 Å². The van der Waals surface area contributed by atoms with Gasteiger partial charge in [0, 0.05) is 53.3 Å². The van der Waals surface area contributed by atoms with Gasteiger partial charge < -0.3 is 4.57 Å². The maximum absolute atomic E-state index is 5.56. The summed E-state index contributed by atoms with van der Waals surface area (Å²) in [5, 5.41) is 7.49. The Kier molecular flexibility index (Phi) is 7.57. The lowest BCUT2D eigenvalue weighted by molar-refractivity contribution is 0.783. The molecule has 1 unspecified atom stereocenters. The number of rotatable bonds is 4. The van der Waals surface area contributed by atoms with E-state index in [4.69, 9.17) is 9.98 Å². The molecule has 0 fully saturated rings. The molecule has 0 spiro atoms. The number of thiophene rings is 1. The largest absolute Gasteiger partial charge is 0.309 e. The van der Waals surface area contributed by atoms with E-state index in [2.05, 4.69) is 209 Å². The van der Waals surface area contributed by atoms with Crippen molar-refractivity contribution in [3.8, 4) is 27.9 Å². The number of hydrogen-bond donors (Lipinski definition) is 0. The zero-order chi connectivity index (χ0) is 40.0. The number of aromatic nitrogens is 2. The third-order valence-corrected chi connectivity index (χ3v) is 13.9. The van der Waals surface area contributed by atoms with Crippen LogP contribution in [0.2, 0.25) is 0 Å². The highest BCUT2D eigenvalue weighted by Gasteiger charge is 2.30. The molecule has 2 aliphatic rings. The van der Waals surface area contributed by atoms with Crippen molar-refractivity contribution in [2.45, 2.75) is 6.42 Å². The lowest BCUT2D eigenvalue weighted by Gasteiger charge is -2.26. The van der Waals surface area contributed by atoms with Gasteiger partial charge in [-0.3, -0.25) is 4.57 Å². The van der Waals surface area contributed by atoms with E-state index in [1.807, 2.05) is 11.3 Å². The van der Waals surface area contributed by atoms with Gasteiger partial charge >= 0.3 is 0 Å². The van der Waals surface area contributed by atoms with Crippen LogP contribution in [0.25, 0.3) is 91.7 Å². The minimum absolute atomic E-state index is 0.0801. The Morgan fingerprint density at radius 2 is 1.11 bits per heavy atom. The first-order valence-electron chi connectivity index (χ1n) is 20.9. The Labute approximate surface area is 356 Å². The molecule has 0 amide bonds. The van der Waals surface area contributed by atoms with Gasteiger partial charge in [0.2, 0.25) is 5.96 Å². The number of nitrogens with zero attached hydrogens (tertiary/aromatic N) is 4. The van der Waals surface area contributed by atoms with Crippen LogP contribution in [0, 0.1) is 5.92 Å². The fourth-order valence-electron chi connectivity index (χ4n) is 9.85. The predicted molar refractivity (Wildman–Crippen MR) is 259 cm³/mol. The van der Waals surface area contributed by atoms with Crippen LogP contribution in [0.3, 0.4) is 0 Å². The molecule has 0 saturated heterocycles. The predicted octanol–water partition coefficient (Wildman–Crippen LogP) is 14.8. The second kappa shape index (κ2) is 13.5. The van der Waals surface area contributed by atoms with Crippen LogP contribution in [0.4, 0.5) is 0 Å². The van der Waals surface area contributed by atoms with Crippen molar-refractivity contribution in [1.82, 2.24) is 9.13 Å². The fourth-order valence-corrected chi connectivity index (χ4v) is 11.1. The van der Waals surface area contributed by atoms with E-state index >= 15 is 0 Å². The van der Waals surface area contributed by atoms with Gasteiger partial charge in [0.25, 0.3) is 0 Å². The molecule has 61 heavy (non-hydrogen) atoms. The Bertz CT molecular complexity index is 3730. The highest BCUT2D eigenvalue weighted by atomic mass is 32.1. The summed E-state index contributed by atoms with van der Waals surface area (Å²) in [5.74, 6) is 0.776. The average molecular weight is 797 g/mol. The Balaban J connectivity index is 1.04. The average Bonchev–Trinajstić information content (AvgIpc) is 3.99. The standard InChI is InChI=1S/C56H36N4S/c1-3-14-35(15-4-1)36-16-13-17-39(32-36)54-44-22-7-10-23-47(44)57-56(58-54)60-50-30-27-38(34-46(50)53-51(60)31-28-43-42-21-9-12-25-52(42)61-55(43)53)37-26-29-49-45(33-37)41-20-8-11-24-48(41)59(49)40-18-5-2-6-19-40/h1-21,23-34,44H,22H2. The number of aliphatic imine (C=N–C) groups is 2. The van der Waals surface area contributed by atoms with Crippen LogP contribution in [-0.2, 0) is 0 Å². The number of para-hydroxylation sites is 2. The monoisotopic (exact) mass is 796 g/mol. The van der Waals surface area contributed by atoms with Crippen LogP contribution in [-0.4, -0.2) is 20.8 Å². The summed E-state index contributed by atoms with van der Waals surface area (Å²) in [6.45, 7) is 0. The fraction of sp³-hybridized carbons (Fsp3) is 0.0357. The first-order chi connectivity index (χ1) is 30.2. The van der Waals surface area contributed by atoms with Gasteiger partial charge in [-0.05, 0) is 101 Å². The van der Waals surface area contributed by atoms with Crippen molar-refractivity contribution in [2.24, 2.45) is 15.9 Å². The number of fused-ring (bicyclic) bond motifs is 11. The molecule has 8 aromatic carbocycles. The van der Waals surface area contributed by atoms with E-state index in [9.17, 15) is 0 Å². The lowest BCUT2D eigenvalue weighted by atomic mass is 9.86. The Morgan fingerprint density at radius 1 is 0.459 bits per heavy atom. The molecule has 4 nitrogen and oxygen atoms in total. The number of benzene rings is 8. The molecule has 0 saturated carbocycles. The second-order valence-electron chi connectivity index (χ2n) is 16.1. The molecule has 0 N–H and O–H groups in total. The quantitative estimate of drug-likeness (QED) is 0.170. The molecule has 4 heterocycles. The number of allylic oxidation sites excluding steroid dienone is 4. The zero-order valence-electron chi connectivity index (χ0n) is 33.0. The maximum Gasteiger partial charge on any atom is 0.235 e. The Morgan fingerprint density at radius 3 is 1.97 bits per heavy atom. The third kappa shape index (κ3) is 5.30. The maximum atomic E-state index is 5.56. The molecule has 11 aromatic rings. The molecular weight excluding hydrogens is 761 g/mol. The lowest BCUT2D eigenvalue weighted by Crippen LogP contribution is -2.27. The topological polar surface area (TPSA) is 34.6 Å². The van der Waals surface area contributed by atoms with Gasteiger partial charge in [-0.2, -0.15) is 0 Å². The van der Waals surface area contributed by atoms with Gasteiger partial charge in [-0.1, -0.05) is 133 Å². The van der Waals surface area contributed by atoms with Crippen molar-refractivity contribution in [2.75, 3.05) is 0 Å². The first kappa shape index (κ1) is 34.3. The van der Waals surface area contributed by atoms with Gasteiger partial charge in [-0.25, -0.2) is 9.98 Å². The summed E-state index contributed by atoms with van der Waals surface area (Å²) in [5.41, 5.74) is 13.7. The molecule has 286 valence electrons. The normalized spacial score (nSPS) is 15.2. The van der Waals surface area contributed by atoms with Crippen LogP contribution < -0.4 is 0 Å². The molecular formula is C56H36N4S. The van der Waals surface area contributed by atoms with Gasteiger partial charge in [0.05, 0.1) is 33.5 Å². The highest BCUT2D eigenvalue weighted by Crippen LogP contribution is 2.45. The number of hydrogen-bond acceptors (Lipinski definition) is 3. The molecule has 0 radical (unpaired) electrons. The van der Waals surface area contributed by atoms with E-state index in [-0.39, 0.29) is 5.92 Å². The zero-order valence-corrected chi connectivity index (χ0v) is 33.9. The van der Waals surface area contributed by atoms with Crippen molar-refractivity contribution in [3.63, 3.8) is 0 Å². The van der Waals surface area contributed by atoms with E-state index in [1.54, 1.807) is 0 Å². The van der Waals surface area contributed by atoms with Crippen LogP contribution >= 0.6 is 11.3 Å². The van der Waals surface area contributed by atoms with Crippen LogP contribution in [0.1, 0.15) is 12.0 Å². The van der Waals surface area contributed by atoms with Crippen LogP contribution in [0.5, 0.6) is 0 Å². The third-order valence-electron chi connectivity index (χ3n) is 12.7. The Hall–Kier alpha value is -7.60. The smallest absolute Gasteiger partial charge is 0.235 e. The minimum atomic E-state index is 0.0801.